The molecule has 0 unspecified atom stereocenters. The van der Waals surface area contributed by atoms with E-state index in [-0.39, 0.29) is 36.7 Å². The Kier molecular flexibility index (Phi) is 9.76. The molecule has 2 atom stereocenters. The average Bonchev–Trinajstić information content (AvgIpc) is 2.87. The predicted molar refractivity (Wildman–Crippen MR) is 144 cm³/mol. The van der Waals surface area contributed by atoms with Gasteiger partial charge in [0.1, 0.15) is 6.04 Å². The molecule has 1 N–H and O–H groups in total. The molecule has 0 spiro atoms. The van der Waals surface area contributed by atoms with Crippen molar-refractivity contribution in [2.75, 3.05) is 0 Å². The van der Waals surface area contributed by atoms with Gasteiger partial charge in [0.2, 0.25) is 11.8 Å². The molecule has 0 radical (unpaired) electrons. The lowest BCUT2D eigenvalue weighted by molar-refractivity contribution is -0.141. The second-order valence-electron chi connectivity index (χ2n) is 8.79. The molecular weight excluding hydrogens is 479 g/mol. The van der Waals surface area contributed by atoms with Crippen molar-refractivity contribution < 1.29 is 9.59 Å². The zero-order chi connectivity index (χ0) is 25.4. The number of amides is 2. The Morgan fingerprint density at radius 1 is 0.829 bits per heavy atom. The van der Waals surface area contributed by atoms with Crippen LogP contribution in [0, 0.1) is 0 Å². The van der Waals surface area contributed by atoms with Gasteiger partial charge in [-0.2, -0.15) is 0 Å². The minimum atomic E-state index is -0.698. The van der Waals surface area contributed by atoms with Crippen molar-refractivity contribution in [2.24, 2.45) is 0 Å². The number of carbonyl (C=O) groups is 2. The fraction of sp³-hybridized carbons (Fsp3) is 0.310. The lowest BCUT2D eigenvalue weighted by Gasteiger charge is -2.31. The number of carbonyl (C=O) groups excluding carboxylic acids is 2. The Hall–Kier alpha value is -2.82. The lowest BCUT2D eigenvalue weighted by Crippen LogP contribution is -2.49. The number of benzene rings is 3. The fourth-order valence-electron chi connectivity index (χ4n) is 3.99. The number of nitrogens with one attached hydrogen (secondary N) is 1. The van der Waals surface area contributed by atoms with Crippen LogP contribution in [-0.2, 0) is 16.1 Å². The summed E-state index contributed by atoms with van der Waals surface area (Å²) in [6.45, 7) is 5.85. The Morgan fingerprint density at radius 3 is 1.83 bits per heavy atom. The molecular formula is C29H32Cl2N2O2. The molecule has 3 aromatic carbocycles. The van der Waals surface area contributed by atoms with Gasteiger partial charge in [0.05, 0.1) is 0 Å². The summed E-state index contributed by atoms with van der Waals surface area (Å²) in [5.74, 6) is -0.503. The van der Waals surface area contributed by atoms with E-state index >= 15 is 0 Å². The second-order valence-corrected chi connectivity index (χ2v) is 9.61. The van der Waals surface area contributed by atoms with Crippen LogP contribution in [0.4, 0.5) is 0 Å². The summed E-state index contributed by atoms with van der Waals surface area (Å²) in [6.07, 6.45) is 1.00. The predicted octanol–water partition coefficient (Wildman–Crippen LogP) is 6.85. The molecule has 2 amide bonds. The van der Waals surface area contributed by atoms with Crippen LogP contribution >= 0.6 is 23.2 Å². The van der Waals surface area contributed by atoms with Gasteiger partial charge in [-0.25, -0.2) is 0 Å². The summed E-state index contributed by atoms with van der Waals surface area (Å²) in [6, 6.07) is 24.5. The summed E-state index contributed by atoms with van der Waals surface area (Å²) in [4.78, 5) is 28.5. The van der Waals surface area contributed by atoms with E-state index in [9.17, 15) is 9.59 Å². The van der Waals surface area contributed by atoms with Gasteiger partial charge >= 0.3 is 0 Å². The molecule has 0 bridgehead atoms. The van der Waals surface area contributed by atoms with E-state index < -0.39 is 6.04 Å². The van der Waals surface area contributed by atoms with Gasteiger partial charge in [-0.3, -0.25) is 9.59 Å². The number of rotatable bonds is 10. The van der Waals surface area contributed by atoms with Crippen LogP contribution in [0.2, 0.25) is 10.0 Å². The van der Waals surface area contributed by atoms with Gasteiger partial charge in [-0.05, 0) is 43.5 Å². The number of halogens is 2. The molecule has 0 aliphatic heterocycles. The highest BCUT2D eigenvalue weighted by molar-refractivity contribution is 6.36. The van der Waals surface area contributed by atoms with Crippen molar-refractivity contribution in [1.82, 2.24) is 10.2 Å². The van der Waals surface area contributed by atoms with Crippen molar-refractivity contribution in [3.63, 3.8) is 0 Å². The Bertz CT molecular complexity index is 1060. The molecule has 0 saturated carbocycles. The quantitative estimate of drug-likeness (QED) is 0.324. The van der Waals surface area contributed by atoms with Gasteiger partial charge in [0.25, 0.3) is 0 Å². The van der Waals surface area contributed by atoms with E-state index in [2.05, 4.69) is 5.32 Å². The molecule has 0 aliphatic rings. The molecule has 4 nitrogen and oxygen atoms in total. The third-order valence-corrected chi connectivity index (χ3v) is 7.05. The van der Waals surface area contributed by atoms with Crippen LogP contribution in [0.15, 0.2) is 78.9 Å². The first-order valence-corrected chi connectivity index (χ1v) is 12.7. The summed E-state index contributed by atoms with van der Waals surface area (Å²) in [7, 11) is 0. The van der Waals surface area contributed by atoms with E-state index in [1.165, 1.54) is 0 Å². The maximum atomic E-state index is 13.9. The lowest BCUT2D eigenvalue weighted by atomic mass is 9.88. The molecule has 35 heavy (non-hydrogen) atoms. The van der Waals surface area contributed by atoms with Crippen molar-refractivity contribution in [3.8, 4) is 0 Å². The number of hydrogen-bond acceptors (Lipinski definition) is 2. The third-order valence-electron chi connectivity index (χ3n) is 6.34. The SMILES string of the molecule is CC[C@@H](C)NC(=O)[C@H](C)N(Cc1c(Cl)cccc1Cl)C(=O)CC(c1ccccc1)c1ccccc1. The molecule has 0 aliphatic carbocycles. The largest absolute Gasteiger partial charge is 0.352 e. The van der Waals surface area contributed by atoms with Crippen LogP contribution in [0.25, 0.3) is 0 Å². The summed E-state index contributed by atoms with van der Waals surface area (Å²) in [5.41, 5.74) is 2.71. The van der Waals surface area contributed by atoms with E-state index in [1.54, 1.807) is 30.0 Å². The Balaban J connectivity index is 1.96. The average molecular weight is 511 g/mol. The standard InChI is InChI=1S/C29H32Cl2N2O2/c1-4-20(2)32-29(35)21(3)33(19-25-26(30)16-11-17-27(25)31)28(34)18-24(22-12-7-5-8-13-22)23-14-9-6-10-15-23/h5-17,20-21,24H,4,18-19H2,1-3H3,(H,32,35)/t20-,21+/m1/s1. The number of nitrogens with zero attached hydrogens (tertiary/aromatic N) is 1. The van der Waals surface area contributed by atoms with Gasteiger partial charge in [0, 0.05) is 40.5 Å². The topological polar surface area (TPSA) is 49.4 Å². The van der Waals surface area contributed by atoms with Crippen LogP contribution in [-0.4, -0.2) is 28.8 Å². The molecule has 0 heterocycles. The first-order chi connectivity index (χ1) is 16.8. The van der Waals surface area contributed by atoms with Crippen LogP contribution < -0.4 is 5.32 Å². The first-order valence-electron chi connectivity index (χ1n) is 11.9. The van der Waals surface area contributed by atoms with Crippen LogP contribution in [0.1, 0.15) is 56.2 Å². The van der Waals surface area contributed by atoms with Gasteiger partial charge < -0.3 is 10.2 Å². The normalized spacial score (nSPS) is 12.7. The van der Waals surface area contributed by atoms with Crippen molar-refractivity contribution in [2.45, 2.75) is 58.2 Å². The number of hydrogen-bond donors (Lipinski definition) is 1. The third kappa shape index (κ3) is 7.09. The summed E-state index contributed by atoms with van der Waals surface area (Å²) < 4.78 is 0. The Morgan fingerprint density at radius 2 is 1.34 bits per heavy atom. The zero-order valence-corrected chi connectivity index (χ0v) is 21.9. The highest BCUT2D eigenvalue weighted by Crippen LogP contribution is 2.31. The van der Waals surface area contributed by atoms with E-state index in [1.807, 2.05) is 74.5 Å². The van der Waals surface area contributed by atoms with Gasteiger partial charge in [-0.15, -0.1) is 0 Å². The molecule has 184 valence electrons. The first kappa shape index (κ1) is 26.8. The highest BCUT2D eigenvalue weighted by Gasteiger charge is 2.30. The molecule has 6 heteroatoms. The molecule has 0 saturated heterocycles. The minimum absolute atomic E-state index is 0.00666. The zero-order valence-electron chi connectivity index (χ0n) is 20.4. The van der Waals surface area contributed by atoms with Crippen molar-refractivity contribution >= 4 is 35.0 Å². The van der Waals surface area contributed by atoms with Gasteiger partial charge in [-0.1, -0.05) is 96.9 Å². The monoisotopic (exact) mass is 510 g/mol. The molecule has 0 aromatic heterocycles. The fourth-order valence-corrected chi connectivity index (χ4v) is 4.51. The van der Waals surface area contributed by atoms with Crippen LogP contribution in [0.5, 0.6) is 0 Å². The van der Waals surface area contributed by atoms with E-state index in [0.29, 0.717) is 15.6 Å². The molecule has 3 rings (SSSR count). The second kappa shape index (κ2) is 12.8. The molecule has 0 fully saturated rings. The van der Waals surface area contributed by atoms with Crippen LogP contribution in [0.3, 0.4) is 0 Å². The highest BCUT2D eigenvalue weighted by atomic mass is 35.5. The van der Waals surface area contributed by atoms with E-state index in [0.717, 1.165) is 17.5 Å². The summed E-state index contributed by atoms with van der Waals surface area (Å²) >= 11 is 12.9. The smallest absolute Gasteiger partial charge is 0.242 e. The maximum Gasteiger partial charge on any atom is 0.242 e. The van der Waals surface area contributed by atoms with Crippen molar-refractivity contribution in [1.29, 1.82) is 0 Å². The Labute approximate surface area is 218 Å². The summed E-state index contributed by atoms with van der Waals surface area (Å²) in [5, 5.41) is 3.93. The van der Waals surface area contributed by atoms with Gasteiger partial charge in [0.15, 0.2) is 0 Å². The minimum Gasteiger partial charge on any atom is -0.352 e. The van der Waals surface area contributed by atoms with E-state index in [4.69, 9.17) is 23.2 Å². The van der Waals surface area contributed by atoms with Crippen molar-refractivity contribution in [3.05, 3.63) is 106 Å². The molecule has 3 aromatic rings. The maximum absolute atomic E-state index is 13.9.